The number of benzene rings is 1. The molecule has 1 aromatic heterocycles. The molecule has 0 fully saturated rings. The maximum absolute atomic E-state index is 6.03. The zero-order valence-electron chi connectivity index (χ0n) is 10.9. The molecule has 0 bridgehead atoms. The lowest BCUT2D eigenvalue weighted by atomic mass is 10.1. The van der Waals surface area contributed by atoms with Gasteiger partial charge in [-0.1, -0.05) is 13.0 Å². The lowest BCUT2D eigenvalue weighted by molar-refractivity contribution is 0.834. The largest absolute Gasteiger partial charge is 0.397 e. The van der Waals surface area contributed by atoms with Gasteiger partial charge in [0, 0.05) is 5.69 Å². The zero-order valence-corrected chi connectivity index (χ0v) is 10.9. The highest BCUT2D eigenvalue weighted by Gasteiger charge is 2.12. The topological polar surface area (TPSA) is 43.8 Å². The summed E-state index contributed by atoms with van der Waals surface area (Å²) in [5.41, 5.74) is 12.6. The Morgan fingerprint density at radius 2 is 1.94 bits per heavy atom. The highest BCUT2D eigenvalue weighted by Crippen LogP contribution is 2.23. The van der Waals surface area contributed by atoms with Crippen LogP contribution in [0.15, 0.2) is 18.2 Å². The minimum Gasteiger partial charge on any atom is -0.397 e. The van der Waals surface area contributed by atoms with Gasteiger partial charge in [-0.05, 0) is 50.5 Å². The molecule has 0 radical (unpaired) electrons. The lowest BCUT2D eigenvalue weighted by Crippen LogP contribution is -2.04. The number of anilines is 1. The van der Waals surface area contributed by atoms with Gasteiger partial charge in [0.1, 0.15) is 0 Å². The van der Waals surface area contributed by atoms with E-state index in [1.165, 1.54) is 16.8 Å². The van der Waals surface area contributed by atoms with Gasteiger partial charge >= 0.3 is 0 Å². The summed E-state index contributed by atoms with van der Waals surface area (Å²) in [5.74, 6) is 0. The smallest absolute Gasteiger partial charge is 0.0880 e. The summed E-state index contributed by atoms with van der Waals surface area (Å²) < 4.78 is 1.95. The molecule has 17 heavy (non-hydrogen) atoms. The number of aryl methyl sites for hydroxylation is 2. The lowest BCUT2D eigenvalue weighted by Gasteiger charge is -2.09. The van der Waals surface area contributed by atoms with E-state index >= 15 is 0 Å². The van der Waals surface area contributed by atoms with Crippen molar-refractivity contribution in [3.05, 3.63) is 40.7 Å². The first-order valence-corrected chi connectivity index (χ1v) is 5.96. The summed E-state index contributed by atoms with van der Waals surface area (Å²) in [7, 11) is 0. The number of hydrogen-bond acceptors (Lipinski definition) is 2. The molecule has 0 aliphatic rings. The SMILES string of the molecule is CCc1c(C)nn(-c2cc(C)ccc2N)c1C. The second kappa shape index (κ2) is 4.24. The standard InChI is InChI=1S/C14H19N3/c1-5-12-10(3)16-17(11(12)4)14-8-9(2)6-7-13(14)15/h6-8H,5,15H2,1-4H3. The zero-order chi connectivity index (χ0) is 12.6. The monoisotopic (exact) mass is 229 g/mol. The van der Waals surface area contributed by atoms with Crippen molar-refractivity contribution >= 4 is 5.69 Å². The van der Waals surface area contributed by atoms with E-state index in [-0.39, 0.29) is 0 Å². The van der Waals surface area contributed by atoms with Crippen LogP contribution in [-0.4, -0.2) is 9.78 Å². The second-order valence-electron chi connectivity index (χ2n) is 4.48. The fraction of sp³-hybridized carbons (Fsp3) is 0.357. The normalized spacial score (nSPS) is 10.8. The van der Waals surface area contributed by atoms with Crippen LogP contribution in [0, 0.1) is 20.8 Å². The number of rotatable bonds is 2. The molecule has 3 nitrogen and oxygen atoms in total. The number of hydrogen-bond donors (Lipinski definition) is 1. The Bertz CT molecular complexity index is 553. The van der Waals surface area contributed by atoms with Gasteiger partial charge < -0.3 is 5.73 Å². The van der Waals surface area contributed by atoms with Crippen molar-refractivity contribution in [1.29, 1.82) is 0 Å². The van der Waals surface area contributed by atoms with Gasteiger partial charge in [-0.15, -0.1) is 0 Å². The van der Waals surface area contributed by atoms with Crippen molar-refractivity contribution < 1.29 is 0 Å². The van der Waals surface area contributed by atoms with Crippen LogP contribution >= 0.6 is 0 Å². The molecule has 0 unspecified atom stereocenters. The first-order chi connectivity index (χ1) is 8.04. The molecule has 0 saturated carbocycles. The van der Waals surface area contributed by atoms with E-state index in [0.29, 0.717) is 0 Å². The summed E-state index contributed by atoms with van der Waals surface area (Å²) in [6.07, 6.45) is 1.00. The number of nitrogen functional groups attached to an aromatic ring is 1. The van der Waals surface area contributed by atoms with E-state index in [1.54, 1.807) is 0 Å². The van der Waals surface area contributed by atoms with Gasteiger partial charge in [-0.2, -0.15) is 5.10 Å². The first-order valence-electron chi connectivity index (χ1n) is 5.96. The highest BCUT2D eigenvalue weighted by atomic mass is 15.3. The summed E-state index contributed by atoms with van der Waals surface area (Å²) >= 11 is 0. The van der Waals surface area contributed by atoms with Gasteiger partial charge in [0.05, 0.1) is 17.1 Å². The summed E-state index contributed by atoms with van der Waals surface area (Å²) in [4.78, 5) is 0. The Morgan fingerprint density at radius 1 is 1.24 bits per heavy atom. The highest BCUT2D eigenvalue weighted by molar-refractivity contribution is 5.59. The first kappa shape index (κ1) is 11.7. The molecule has 90 valence electrons. The van der Waals surface area contributed by atoms with Crippen molar-refractivity contribution in [3.63, 3.8) is 0 Å². The number of nitrogens with two attached hydrogens (primary N) is 1. The van der Waals surface area contributed by atoms with E-state index < -0.39 is 0 Å². The Hall–Kier alpha value is -1.77. The third kappa shape index (κ3) is 1.93. The maximum Gasteiger partial charge on any atom is 0.0880 e. The second-order valence-corrected chi connectivity index (χ2v) is 4.48. The van der Waals surface area contributed by atoms with Crippen molar-refractivity contribution in [3.8, 4) is 5.69 Å². The Labute approximate surface area is 102 Å². The van der Waals surface area contributed by atoms with E-state index in [1.807, 2.05) is 23.7 Å². The Balaban J connectivity index is 2.64. The third-order valence-corrected chi connectivity index (χ3v) is 3.21. The van der Waals surface area contributed by atoms with Crippen molar-refractivity contribution in [2.45, 2.75) is 34.1 Å². The minimum atomic E-state index is 0.767. The molecular formula is C14H19N3. The summed E-state index contributed by atoms with van der Waals surface area (Å²) in [6, 6.07) is 6.03. The van der Waals surface area contributed by atoms with Crippen LogP contribution in [-0.2, 0) is 6.42 Å². The quantitative estimate of drug-likeness (QED) is 0.805. The van der Waals surface area contributed by atoms with Crippen LogP contribution in [0.3, 0.4) is 0 Å². The molecule has 2 N–H and O–H groups in total. The van der Waals surface area contributed by atoms with Gasteiger partial charge in [0.2, 0.25) is 0 Å². The third-order valence-electron chi connectivity index (χ3n) is 3.21. The average Bonchev–Trinajstić information content (AvgIpc) is 2.57. The predicted molar refractivity (Wildman–Crippen MR) is 71.6 cm³/mol. The van der Waals surface area contributed by atoms with Crippen LogP contribution in [0.25, 0.3) is 5.69 Å². The van der Waals surface area contributed by atoms with Crippen LogP contribution in [0.2, 0.25) is 0 Å². The molecule has 0 saturated heterocycles. The van der Waals surface area contributed by atoms with E-state index in [2.05, 4.69) is 31.9 Å². The molecular weight excluding hydrogens is 210 g/mol. The molecule has 0 spiro atoms. The van der Waals surface area contributed by atoms with Gasteiger partial charge in [0.25, 0.3) is 0 Å². The average molecular weight is 229 g/mol. The molecule has 1 aromatic carbocycles. The van der Waals surface area contributed by atoms with Gasteiger partial charge in [-0.25, -0.2) is 4.68 Å². The number of aromatic nitrogens is 2. The van der Waals surface area contributed by atoms with E-state index in [9.17, 15) is 0 Å². The van der Waals surface area contributed by atoms with E-state index in [0.717, 1.165) is 23.5 Å². The van der Waals surface area contributed by atoms with Crippen LogP contribution in [0.1, 0.15) is 29.4 Å². The number of nitrogens with zero attached hydrogens (tertiary/aromatic N) is 2. The molecule has 2 aromatic rings. The fourth-order valence-corrected chi connectivity index (χ4v) is 2.26. The van der Waals surface area contributed by atoms with Crippen LogP contribution in [0.4, 0.5) is 5.69 Å². The van der Waals surface area contributed by atoms with Crippen molar-refractivity contribution in [2.24, 2.45) is 0 Å². The molecule has 0 aliphatic heterocycles. The molecule has 0 atom stereocenters. The molecule has 0 aliphatic carbocycles. The molecule has 3 heteroatoms. The van der Waals surface area contributed by atoms with Crippen molar-refractivity contribution in [1.82, 2.24) is 9.78 Å². The van der Waals surface area contributed by atoms with E-state index in [4.69, 9.17) is 5.73 Å². The van der Waals surface area contributed by atoms with Crippen molar-refractivity contribution in [2.75, 3.05) is 5.73 Å². The Kier molecular flexibility index (Phi) is 2.92. The summed E-state index contributed by atoms with van der Waals surface area (Å²) in [6.45, 7) is 8.37. The molecule has 2 rings (SSSR count). The summed E-state index contributed by atoms with van der Waals surface area (Å²) in [5, 5.41) is 4.59. The fourth-order valence-electron chi connectivity index (χ4n) is 2.26. The minimum absolute atomic E-state index is 0.767. The van der Waals surface area contributed by atoms with Gasteiger partial charge in [0.15, 0.2) is 0 Å². The Morgan fingerprint density at radius 3 is 2.53 bits per heavy atom. The molecule has 0 amide bonds. The van der Waals surface area contributed by atoms with Crippen LogP contribution < -0.4 is 5.73 Å². The maximum atomic E-state index is 6.03. The van der Waals surface area contributed by atoms with Gasteiger partial charge in [-0.3, -0.25) is 0 Å². The van der Waals surface area contributed by atoms with Crippen LogP contribution in [0.5, 0.6) is 0 Å². The molecule has 1 heterocycles. The predicted octanol–water partition coefficient (Wildman–Crippen LogP) is 2.94.